The Morgan fingerprint density at radius 2 is 1.83 bits per heavy atom. The number of nitriles is 1. The van der Waals surface area contributed by atoms with E-state index in [9.17, 15) is 10.1 Å². The number of fused-ring (bicyclic) bond motifs is 4. The summed E-state index contributed by atoms with van der Waals surface area (Å²) >= 11 is 0. The first-order valence-electron chi connectivity index (χ1n) is 13.1. The van der Waals surface area contributed by atoms with Gasteiger partial charge in [-0.05, 0) is 74.5 Å². The first-order chi connectivity index (χ1) is 16.8. The maximum atomic E-state index is 13.9. The quantitative estimate of drug-likeness (QED) is 0.549. The largest absolute Gasteiger partial charge is 0.371 e. The van der Waals surface area contributed by atoms with Gasteiger partial charge in [-0.1, -0.05) is 26.8 Å². The Hall–Kier alpha value is -3.10. The molecule has 2 fully saturated rings. The van der Waals surface area contributed by atoms with E-state index in [-0.39, 0.29) is 11.2 Å². The molecule has 0 spiro atoms. The lowest BCUT2D eigenvalue weighted by Crippen LogP contribution is -2.44. The molecule has 6 rings (SSSR count). The molecule has 1 aliphatic heterocycles. The van der Waals surface area contributed by atoms with Gasteiger partial charge in [-0.2, -0.15) is 5.26 Å². The summed E-state index contributed by atoms with van der Waals surface area (Å²) in [5.41, 5.74) is 7.34. The molecule has 3 aliphatic rings. The van der Waals surface area contributed by atoms with Crippen molar-refractivity contribution in [3.8, 4) is 6.07 Å². The normalized spacial score (nSPS) is 19.7. The number of nitrogens with one attached hydrogen (secondary N) is 1. The highest BCUT2D eigenvalue weighted by atomic mass is 16.1. The van der Waals surface area contributed by atoms with Gasteiger partial charge in [0.1, 0.15) is 0 Å². The van der Waals surface area contributed by atoms with Crippen molar-refractivity contribution >= 4 is 22.4 Å². The molecule has 35 heavy (non-hydrogen) atoms. The maximum absolute atomic E-state index is 13.9. The lowest BCUT2D eigenvalue weighted by Gasteiger charge is -2.40. The SMILES string of the molecule is CCc1cc2c(cc1N1CCC(N(C)C3CC3)CC1)C(C)(C)c1[nH]c3cc(C#N)ccc3c1C2=O. The Balaban J connectivity index is 1.40. The van der Waals surface area contributed by atoms with Gasteiger partial charge in [0.2, 0.25) is 0 Å². The first-order valence-corrected chi connectivity index (χ1v) is 13.1. The van der Waals surface area contributed by atoms with E-state index >= 15 is 0 Å². The topological polar surface area (TPSA) is 63.1 Å². The number of carbonyl (C=O) groups excluding carboxylic acids is 1. The fourth-order valence-electron chi connectivity index (χ4n) is 6.45. The van der Waals surface area contributed by atoms with Gasteiger partial charge in [-0.25, -0.2) is 0 Å². The van der Waals surface area contributed by atoms with Crippen LogP contribution in [-0.2, 0) is 11.8 Å². The molecule has 2 aliphatic carbocycles. The van der Waals surface area contributed by atoms with Crippen LogP contribution >= 0.6 is 0 Å². The van der Waals surface area contributed by atoms with Gasteiger partial charge in [0.25, 0.3) is 0 Å². The Morgan fingerprint density at radius 3 is 2.49 bits per heavy atom. The number of hydrogen-bond donors (Lipinski definition) is 1. The van der Waals surface area contributed by atoms with E-state index < -0.39 is 0 Å². The summed E-state index contributed by atoms with van der Waals surface area (Å²) in [6, 6.07) is 13.8. The summed E-state index contributed by atoms with van der Waals surface area (Å²) in [5, 5.41) is 10.3. The standard InChI is InChI=1S/C30H34N4O/c1-5-19-15-23-24(16-26(19)34-12-10-21(11-13-34)33(4)20-7-8-20)30(2,3)29-27(28(23)35)22-9-6-18(17-31)14-25(22)32-29/h6,9,14-16,20-21,32H,5,7-8,10-13H2,1-4H3. The van der Waals surface area contributed by atoms with Gasteiger partial charge in [0.15, 0.2) is 5.78 Å². The second-order valence-corrected chi connectivity index (χ2v) is 11.2. The Labute approximate surface area is 207 Å². The zero-order valence-corrected chi connectivity index (χ0v) is 21.2. The fourth-order valence-corrected chi connectivity index (χ4v) is 6.45. The number of benzene rings is 2. The minimum atomic E-state index is -0.337. The van der Waals surface area contributed by atoms with E-state index in [1.54, 1.807) is 6.07 Å². The number of aromatic amines is 1. The van der Waals surface area contributed by atoms with E-state index in [1.165, 1.54) is 36.9 Å². The fraction of sp³-hybridized carbons (Fsp3) is 0.467. The molecule has 5 nitrogen and oxygen atoms in total. The molecule has 1 saturated heterocycles. The Morgan fingerprint density at radius 1 is 1.11 bits per heavy atom. The van der Waals surface area contributed by atoms with E-state index in [0.29, 0.717) is 11.6 Å². The van der Waals surface area contributed by atoms with Crippen LogP contribution in [0.5, 0.6) is 0 Å². The molecule has 2 aromatic carbocycles. The molecular weight excluding hydrogens is 432 g/mol. The maximum Gasteiger partial charge on any atom is 0.195 e. The summed E-state index contributed by atoms with van der Waals surface area (Å²) in [5.74, 6) is 0.0938. The van der Waals surface area contributed by atoms with Crippen LogP contribution in [0.3, 0.4) is 0 Å². The van der Waals surface area contributed by atoms with Gasteiger partial charge in [0.05, 0.1) is 17.2 Å². The highest BCUT2D eigenvalue weighted by Gasteiger charge is 2.41. The molecule has 1 saturated carbocycles. The zero-order chi connectivity index (χ0) is 24.5. The lowest BCUT2D eigenvalue weighted by molar-refractivity contribution is 0.103. The van der Waals surface area contributed by atoms with Crippen molar-refractivity contribution in [3.63, 3.8) is 0 Å². The molecule has 180 valence electrons. The molecule has 0 radical (unpaired) electrons. The second-order valence-electron chi connectivity index (χ2n) is 11.2. The van der Waals surface area contributed by atoms with Crippen LogP contribution in [0.2, 0.25) is 0 Å². The van der Waals surface area contributed by atoms with E-state index in [4.69, 9.17) is 0 Å². The van der Waals surface area contributed by atoms with Gasteiger partial charge in [0, 0.05) is 58.4 Å². The third kappa shape index (κ3) is 3.42. The van der Waals surface area contributed by atoms with Crippen molar-refractivity contribution in [1.29, 1.82) is 5.26 Å². The monoisotopic (exact) mass is 466 g/mol. The number of carbonyl (C=O) groups is 1. The van der Waals surface area contributed by atoms with Crippen LogP contribution in [0.4, 0.5) is 5.69 Å². The smallest absolute Gasteiger partial charge is 0.195 e. The number of aryl methyl sites for hydroxylation is 1. The Bertz CT molecular complexity index is 1380. The van der Waals surface area contributed by atoms with Crippen molar-refractivity contribution in [2.45, 2.75) is 70.4 Å². The number of ketones is 1. The van der Waals surface area contributed by atoms with Crippen molar-refractivity contribution in [2.75, 3.05) is 25.0 Å². The van der Waals surface area contributed by atoms with Crippen LogP contribution in [0.15, 0.2) is 30.3 Å². The molecule has 0 amide bonds. The van der Waals surface area contributed by atoms with Crippen molar-refractivity contribution < 1.29 is 4.79 Å². The Kier molecular flexibility index (Phi) is 5.09. The van der Waals surface area contributed by atoms with Gasteiger partial charge >= 0.3 is 0 Å². The highest BCUT2D eigenvalue weighted by Crippen LogP contribution is 2.46. The van der Waals surface area contributed by atoms with Crippen LogP contribution in [-0.4, -0.2) is 47.9 Å². The molecule has 1 aromatic heterocycles. The highest BCUT2D eigenvalue weighted by molar-refractivity contribution is 6.20. The summed E-state index contributed by atoms with van der Waals surface area (Å²) in [7, 11) is 2.31. The number of anilines is 1. The van der Waals surface area contributed by atoms with Crippen molar-refractivity contribution in [1.82, 2.24) is 9.88 Å². The van der Waals surface area contributed by atoms with Gasteiger partial charge < -0.3 is 14.8 Å². The van der Waals surface area contributed by atoms with Crippen LogP contribution < -0.4 is 4.90 Å². The molecule has 0 atom stereocenters. The number of aromatic nitrogens is 1. The van der Waals surface area contributed by atoms with Crippen molar-refractivity contribution in [3.05, 3.63) is 63.8 Å². The molecule has 2 heterocycles. The summed E-state index contributed by atoms with van der Waals surface area (Å²) in [6.45, 7) is 8.75. The molecule has 5 heteroatoms. The average Bonchev–Trinajstić information content (AvgIpc) is 3.65. The van der Waals surface area contributed by atoms with Gasteiger partial charge in [-0.3, -0.25) is 4.79 Å². The predicted octanol–water partition coefficient (Wildman–Crippen LogP) is 5.54. The third-order valence-electron chi connectivity index (χ3n) is 8.80. The minimum Gasteiger partial charge on any atom is -0.371 e. The number of hydrogen-bond acceptors (Lipinski definition) is 4. The average molecular weight is 467 g/mol. The first kappa shape index (κ1) is 22.4. The van der Waals surface area contributed by atoms with E-state index in [1.807, 2.05) is 12.1 Å². The molecule has 0 unspecified atom stereocenters. The number of H-pyrrole nitrogens is 1. The van der Waals surface area contributed by atoms with Gasteiger partial charge in [-0.15, -0.1) is 0 Å². The van der Waals surface area contributed by atoms with E-state index in [2.05, 4.69) is 60.8 Å². The molecule has 3 aromatic rings. The molecule has 0 bridgehead atoms. The summed E-state index contributed by atoms with van der Waals surface area (Å²) in [6.07, 6.45) is 6.02. The summed E-state index contributed by atoms with van der Waals surface area (Å²) in [4.78, 5) is 22.6. The van der Waals surface area contributed by atoms with Crippen LogP contribution in [0, 0.1) is 11.3 Å². The molecular formula is C30H34N4O. The van der Waals surface area contributed by atoms with Crippen molar-refractivity contribution in [2.24, 2.45) is 0 Å². The number of piperidine rings is 1. The lowest BCUT2D eigenvalue weighted by atomic mass is 9.70. The van der Waals surface area contributed by atoms with Crippen LogP contribution in [0.25, 0.3) is 10.9 Å². The second kappa shape index (κ2) is 7.96. The predicted molar refractivity (Wildman–Crippen MR) is 140 cm³/mol. The zero-order valence-electron chi connectivity index (χ0n) is 21.2. The summed E-state index contributed by atoms with van der Waals surface area (Å²) < 4.78 is 0. The number of nitrogens with zero attached hydrogens (tertiary/aromatic N) is 3. The van der Waals surface area contributed by atoms with Crippen LogP contribution in [0.1, 0.15) is 84.8 Å². The molecule has 1 N–H and O–H groups in total. The third-order valence-corrected chi connectivity index (χ3v) is 8.80. The van der Waals surface area contributed by atoms with E-state index in [0.717, 1.165) is 58.8 Å². The minimum absolute atomic E-state index is 0.0938. The number of rotatable bonds is 4.